The van der Waals surface area contributed by atoms with Gasteiger partial charge in [-0.1, -0.05) is 12.1 Å². The fourth-order valence-corrected chi connectivity index (χ4v) is 2.06. The van der Waals surface area contributed by atoms with Gasteiger partial charge in [-0.3, -0.25) is 9.48 Å². The van der Waals surface area contributed by atoms with Gasteiger partial charge in [0.1, 0.15) is 12.2 Å². The van der Waals surface area contributed by atoms with Gasteiger partial charge in [-0.05, 0) is 24.6 Å². The fourth-order valence-electron chi connectivity index (χ4n) is 2.06. The first-order valence-electron chi connectivity index (χ1n) is 7.80. The maximum absolute atomic E-state index is 11.5. The normalized spacial score (nSPS) is 11.2. The quantitative estimate of drug-likeness (QED) is 0.527. The van der Waals surface area contributed by atoms with E-state index in [1.165, 1.54) is 6.33 Å². The molecule has 1 aromatic carbocycles. The Morgan fingerprint density at radius 3 is 2.58 bits per heavy atom. The molecule has 8 nitrogen and oxygen atoms in total. The molecular weight excluding hydrogens is 306 g/mol. The van der Waals surface area contributed by atoms with E-state index in [0.29, 0.717) is 24.6 Å². The van der Waals surface area contributed by atoms with Crippen molar-refractivity contribution in [2.45, 2.75) is 20.0 Å². The molecule has 2 aromatic rings. The summed E-state index contributed by atoms with van der Waals surface area (Å²) in [7, 11) is 3.47. The smallest absolute Gasteiger partial charge is 0.251 e. The zero-order valence-corrected chi connectivity index (χ0v) is 14.2. The van der Waals surface area contributed by atoms with E-state index in [-0.39, 0.29) is 5.91 Å². The maximum Gasteiger partial charge on any atom is 0.251 e. The molecule has 128 valence electrons. The minimum atomic E-state index is -0.0938. The molecule has 0 aliphatic carbocycles. The van der Waals surface area contributed by atoms with Crippen LogP contribution in [0.5, 0.6) is 0 Å². The second-order valence-corrected chi connectivity index (χ2v) is 5.12. The van der Waals surface area contributed by atoms with Crippen LogP contribution < -0.4 is 16.0 Å². The Morgan fingerprint density at radius 1 is 1.25 bits per heavy atom. The van der Waals surface area contributed by atoms with E-state index in [4.69, 9.17) is 0 Å². The summed E-state index contributed by atoms with van der Waals surface area (Å²) in [6, 6.07) is 7.40. The average Bonchev–Trinajstić information content (AvgIpc) is 3.02. The average molecular weight is 329 g/mol. The van der Waals surface area contributed by atoms with Crippen LogP contribution in [0.3, 0.4) is 0 Å². The lowest BCUT2D eigenvalue weighted by molar-refractivity contribution is 0.0963. The number of guanidine groups is 1. The minimum Gasteiger partial charge on any atom is -0.357 e. The molecule has 8 heteroatoms. The van der Waals surface area contributed by atoms with Crippen molar-refractivity contribution < 1.29 is 4.79 Å². The molecule has 0 fully saturated rings. The summed E-state index contributed by atoms with van der Waals surface area (Å²) in [5.41, 5.74) is 1.66. The molecule has 0 aliphatic heterocycles. The number of aliphatic imine (C=N–C) groups is 1. The van der Waals surface area contributed by atoms with Crippen molar-refractivity contribution in [1.82, 2.24) is 30.7 Å². The molecule has 0 spiro atoms. The highest BCUT2D eigenvalue weighted by Gasteiger charge is 2.04. The lowest BCUT2D eigenvalue weighted by Gasteiger charge is -2.11. The van der Waals surface area contributed by atoms with Crippen molar-refractivity contribution in [1.29, 1.82) is 0 Å². The van der Waals surface area contributed by atoms with Crippen LogP contribution in [0.15, 0.2) is 35.6 Å². The Labute approximate surface area is 141 Å². The molecule has 0 aliphatic rings. The number of aryl methyl sites for hydroxylation is 1. The summed E-state index contributed by atoms with van der Waals surface area (Å²) in [5.74, 6) is 1.44. The third-order valence-corrected chi connectivity index (χ3v) is 3.43. The van der Waals surface area contributed by atoms with Crippen molar-refractivity contribution in [2.24, 2.45) is 12.0 Å². The van der Waals surface area contributed by atoms with Crippen LogP contribution in [0, 0.1) is 0 Å². The van der Waals surface area contributed by atoms with Crippen molar-refractivity contribution in [3.63, 3.8) is 0 Å². The third-order valence-electron chi connectivity index (χ3n) is 3.43. The highest BCUT2D eigenvalue weighted by molar-refractivity contribution is 5.93. The predicted octanol–water partition coefficient (Wildman–Crippen LogP) is 0.430. The van der Waals surface area contributed by atoms with E-state index in [0.717, 1.165) is 17.9 Å². The van der Waals surface area contributed by atoms with Gasteiger partial charge in [0.05, 0.1) is 13.1 Å². The number of carbonyl (C=O) groups excluding carboxylic acids is 1. The van der Waals surface area contributed by atoms with Crippen LogP contribution in [0.1, 0.15) is 28.7 Å². The van der Waals surface area contributed by atoms with Crippen LogP contribution in [0.25, 0.3) is 0 Å². The lowest BCUT2D eigenvalue weighted by Crippen LogP contribution is -2.37. The summed E-state index contributed by atoms with van der Waals surface area (Å²) in [6.45, 7) is 3.83. The standard InChI is InChI=1S/C16H23N7O/c1-4-18-16(20-10-14-21-11-22-23(14)3)19-9-12-5-7-13(8-6-12)15(24)17-2/h5-8,11H,4,9-10H2,1-3H3,(H,17,24)(H2,18,19,20). The van der Waals surface area contributed by atoms with Gasteiger partial charge in [0.15, 0.2) is 5.96 Å². The van der Waals surface area contributed by atoms with E-state index >= 15 is 0 Å². The summed E-state index contributed by atoms with van der Waals surface area (Å²) >= 11 is 0. The van der Waals surface area contributed by atoms with Gasteiger partial charge in [-0.25, -0.2) is 9.98 Å². The van der Waals surface area contributed by atoms with Gasteiger partial charge >= 0.3 is 0 Å². The molecule has 24 heavy (non-hydrogen) atoms. The lowest BCUT2D eigenvalue weighted by atomic mass is 10.1. The van der Waals surface area contributed by atoms with Crippen molar-refractivity contribution in [3.8, 4) is 0 Å². The van der Waals surface area contributed by atoms with Gasteiger partial charge in [0.2, 0.25) is 0 Å². The van der Waals surface area contributed by atoms with E-state index in [2.05, 4.69) is 31.0 Å². The Balaban J connectivity index is 1.97. The molecule has 0 bridgehead atoms. The SMILES string of the molecule is CCNC(=NCc1ccc(C(=O)NC)cc1)NCc1ncnn1C. The van der Waals surface area contributed by atoms with E-state index in [1.807, 2.05) is 26.1 Å². The van der Waals surface area contributed by atoms with E-state index < -0.39 is 0 Å². The largest absolute Gasteiger partial charge is 0.357 e. The number of hydrogen-bond donors (Lipinski definition) is 3. The molecular formula is C16H23N7O. The number of hydrogen-bond acceptors (Lipinski definition) is 4. The van der Waals surface area contributed by atoms with Crippen LogP contribution in [0.4, 0.5) is 0 Å². The molecule has 0 saturated carbocycles. The fraction of sp³-hybridized carbons (Fsp3) is 0.375. The number of carbonyl (C=O) groups is 1. The molecule has 0 atom stereocenters. The number of rotatable bonds is 6. The van der Waals surface area contributed by atoms with Crippen molar-refractivity contribution in [2.75, 3.05) is 13.6 Å². The second kappa shape index (κ2) is 8.66. The Bertz CT molecular complexity index is 691. The molecule has 2 rings (SSSR count). The van der Waals surface area contributed by atoms with Crippen LogP contribution in [0.2, 0.25) is 0 Å². The van der Waals surface area contributed by atoms with Crippen LogP contribution in [-0.4, -0.2) is 40.2 Å². The molecule has 1 heterocycles. The molecule has 0 unspecified atom stereocenters. The third kappa shape index (κ3) is 4.80. The summed E-state index contributed by atoms with van der Waals surface area (Å²) in [4.78, 5) is 20.2. The predicted molar refractivity (Wildman–Crippen MR) is 92.5 cm³/mol. The molecule has 3 N–H and O–H groups in total. The number of amides is 1. The number of aromatic nitrogens is 3. The van der Waals surface area contributed by atoms with Crippen molar-refractivity contribution in [3.05, 3.63) is 47.5 Å². The molecule has 1 aromatic heterocycles. The summed E-state index contributed by atoms with van der Waals surface area (Å²) < 4.78 is 1.72. The Morgan fingerprint density at radius 2 is 2.00 bits per heavy atom. The first kappa shape index (κ1) is 17.5. The van der Waals surface area contributed by atoms with E-state index in [1.54, 1.807) is 23.9 Å². The van der Waals surface area contributed by atoms with Crippen molar-refractivity contribution >= 4 is 11.9 Å². The van der Waals surface area contributed by atoms with Gasteiger partial charge in [0.25, 0.3) is 5.91 Å². The zero-order valence-electron chi connectivity index (χ0n) is 14.2. The monoisotopic (exact) mass is 329 g/mol. The van der Waals surface area contributed by atoms with E-state index in [9.17, 15) is 4.79 Å². The van der Waals surface area contributed by atoms with Gasteiger partial charge in [-0.15, -0.1) is 0 Å². The maximum atomic E-state index is 11.5. The summed E-state index contributed by atoms with van der Waals surface area (Å²) in [6.07, 6.45) is 1.52. The second-order valence-electron chi connectivity index (χ2n) is 5.12. The summed E-state index contributed by atoms with van der Waals surface area (Å²) in [5, 5.41) is 13.1. The van der Waals surface area contributed by atoms with Gasteiger partial charge in [0, 0.05) is 26.2 Å². The molecule has 1 amide bonds. The first-order chi connectivity index (χ1) is 11.6. The zero-order chi connectivity index (χ0) is 17.4. The Hall–Kier alpha value is -2.90. The van der Waals surface area contributed by atoms with Crippen LogP contribution in [-0.2, 0) is 20.1 Å². The number of benzene rings is 1. The van der Waals surface area contributed by atoms with Gasteiger partial charge in [-0.2, -0.15) is 5.10 Å². The highest BCUT2D eigenvalue weighted by atomic mass is 16.1. The van der Waals surface area contributed by atoms with Crippen LogP contribution >= 0.6 is 0 Å². The topological polar surface area (TPSA) is 96.2 Å². The number of nitrogens with one attached hydrogen (secondary N) is 3. The minimum absolute atomic E-state index is 0.0938. The van der Waals surface area contributed by atoms with Gasteiger partial charge < -0.3 is 16.0 Å². The first-order valence-corrected chi connectivity index (χ1v) is 7.80. The Kier molecular flexibility index (Phi) is 6.30. The highest BCUT2D eigenvalue weighted by Crippen LogP contribution is 2.05. The molecule has 0 saturated heterocycles. The number of nitrogens with zero attached hydrogens (tertiary/aromatic N) is 4. The molecule has 0 radical (unpaired) electrons.